The molecule has 0 spiro atoms. The zero-order chi connectivity index (χ0) is 11.0. The van der Waals surface area contributed by atoms with Gasteiger partial charge in [0.05, 0.1) is 14.5 Å². The molecule has 0 aliphatic carbocycles. The molecule has 0 amide bonds. The molecular formula is C10H8BrCl2NO. The van der Waals surface area contributed by atoms with Crippen LogP contribution in [0.1, 0.15) is 19.2 Å². The average Bonchev–Trinajstić information content (AvgIpc) is 2.60. The second-order valence-electron chi connectivity index (χ2n) is 3.19. The summed E-state index contributed by atoms with van der Waals surface area (Å²) in [6, 6.07) is 1.66. The molecular weight excluding hydrogens is 301 g/mol. The van der Waals surface area contributed by atoms with E-state index >= 15 is 0 Å². The first-order chi connectivity index (χ1) is 7.13. The van der Waals surface area contributed by atoms with Crippen LogP contribution in [0.3, 0.4) is 0 Å². The largest absolute Gasteiger partial charge is 0.439 e. The fourth-order valence-corrected chi connectivity index (χ4v) is 2.22. The van der Waals surface area contributed by atoms with Crippen molar-refractivity contribution in [2.24, 2.45) is 0 Å². The summed E-state index contributed by atoms with van der Waals surface area (Å²) in [7, 11) is 0. The molecule has 15 heavy (non-hydrogen) atoms. The molecule has 1 heterocycles. The van der Waals surface area contributed by atoms with Crippen molar-refractivity contribution in [2.45, 2.75) is 19.8 Å². The fraction of sp³-hybridized carbons (Fsp3) is 0.300. The van der Waals surface area contributed by atoms with Gasteiger partial charge >= 0.3 is 0 Å². The van der Waals surface area contributed by atoms with Crippen LogP contribution in [0.4, 0.5) is 0 Å². The Morgan fingerprint density at radius 1 is 1.40 bits per heavy atom. The molecule has 1 aromatic heterocycles. The van der Waals surface area contributed by atoms with Crippen LogP contribution < -0.4 is 0 Å². The Morgan fingerprint density at radius 2 is 2.13 bits per heavy atom. The van der Waals surface area contributed by atoms with Gasteiger partial charge in [-0.3, -0.25) is 0 Å². The van der Waals surface area contributed by atoms with Crippen molar-refractivity contribution in [1.82, 2.24) is 4.98 Å². The number of fused-ring (bicyclic) bond motifs is 1. The van der Waals surface area contributed by atoms with Crippen molar-refractivity contribution < 1.29 is 4.42 Å². The van der Waals surface area contributed by atoms with Crippen LogP contribution in [0.2, 0.25) is 10.0 Å². The highest BCUT2D eigenvalue weighted by molar-refractivity contribution is 9.10. The Morgan fingerprint density at radius 3 is 2.80 bits per heavy atom. The minimum absolute atomic E-state index is 0.518. The lowest BCUT2D eigenvalue weighted by molar-refractivity contribution is 0.524. The summed E-state index contributed by atoms with van der Waals surface area (Å²) in [6.45, 7) is 2.07. The maximum absolute atomic E-state index is 6.02. The van der Waals surface area contributed by atoms with Gasteiger partial charge < -0.3 is 4.42 Å². The van der Waals surface area contributed by atoms with E-state index in [4.69, 9.17) is 27.6 Å². The van der Waals surface area contributed by atoms with Gasteiger partial charge in [-0.2, -0.15) is 0 Å². The lowest BCUT2D eigenvalue weighted by Crippen LogP contribution is -1.80. The van der Waals surface area contributed by atoms with Crippen LogP contribution in [0.25, 0.3) is 11.1 Å². The summed E-state index contributed by atoms with van der Waals surface area (Å²) < 4.78 is 6.28. The molecule has 0 radical (unpaired) electrons. The summed E-state index contributed by atoms with van der Waals surface area (Å²) in [6.07, 6.45) is 1.78. The maximum Gasteiger partial charge on any atom is 0.195 e. The van der Waals surface area contributed by atoms with E-state index in [-0.39, 0.29) is 0 Å². The molecule has 2 aromatic rings. The number of hydrogen-bond acceptors (Lipinski definition) is 2. The van der Waals surface area contributed by atoms with Crippen molar-refractivity contribution in [3.8, 4) is 0 Å². The van der Waals surface area contributed by atoms with Gasteiger partial charge in [0.25, 0.3) is 0 Å². The maximum atomic E-state index is 6.02. The quantitative estimate of drug-likeness (QED) is 0.741. The van der Waals surface area contributed by atoms with E-state index in [0.717, 1.165) is 12.8 Å². The van der Waals surface area contributed by atoms with Crippen LogP contribution >= 0.6 is 39.1 Å². The van der Waals surface area contributed by atoms with Gasteiger partial charge in [-0.25, -0.2) is 4.98 Å². The van der Waals surface area contributed by atoms with E-state index in [2.05, 4.69) is 27.8 Å². The summed E-state index contributed by atoms with van der Waals surface area (Å²) in [5.74, 6) is 0.692. The number of halogens is 3. The second kappa shape index (κ2) is 4.32. The molecule has 80 valence electrons. The van der Waals surface area contributed by atoms with Gasteiger partial charge in [0, 0.05) is 6.42 Å². The van der Waals surface area contributed by atoms with E-state index < -0.39 is 0 Å². The van der Waals surface area contributed by atoms with Crippen LogP contribution in [0.5, 0.6) is 0 Å². The molecule has 0 aliphatic heterocycles. The molecule has 0 aliphatic rings. The Labute approximate surface area is 106 Å². The first-order valence-corrected chi connectivity index (χ1v) is 6.11. The summed E-state index contributed by atoms with van der Waals surface area (Å²) in [5.41, 5.74) is 1.28. The van der Waals surface area contributed by atoms with Crippen molar-refractivity contribution in [1.29, 1.82) is 0 Å². The SMILES string of the molecule is CCCc1nc2c(Cl)cc(Cl)c(Br)c2o1. The molecule has 0 N–H and O–H groups in total. The zero-order valence-corrected chi connectivity index (χ0v) is 11.1. The number of benzene rings is 1. The zero-order valence-electron chi connectivity index (χ0n) is 7.98. The predicted molar refractivity (Wildman–Crippen MR) is 65.7 cm³/mol. The number of rotatable bonds is 2. The van der Waals surface area contributed by atoms with Crippen LogP contribution in [-0.4, -0.2) is 4.98 Å². The van der Waals surface area contributed by atoms with Crippen molar-refractivity contribution in [3.63, 3.8) is 0 Å². The predicted octanol–water partition coefficient (Wildman–Crippen LogP) is 4.85. The summed E-state index contributed by atoms with van der Waals surface area (Å²) in [4.78, 5) is 4.32. The van der Waals surface area contributed by atoms with Crippen molar-refractivity contribution in [3.05, 3.63) is 26.5 Å². The molecule has 2 nitrogen and oxygen atoms in total. The van der Waals surface area contributed by atoms with E-state index in [1.807, 2.05) is 0 Å². The number of aromatic nitrogens is 1. The highest BCUT2D eigenvalue weighted by Gasteiger charge is 2.14. The first-order valence-electron chi connectivity index (χ1n) is 4.56. The second-order valence-corrected chi connectivity index (χ2v) is 4.80. The van der Waals surface area contributed by atoms with Crippen molar-refractivity contribution >= 4 is 50.2 Å². The molecule has 0 saturated carbocycles. The Kier molecular flexibility index (Phi) is 3.24. The fourth-order valence-electron chi connectivity index (χ4n) is 1.35. The van der Waals surface area contributed by atoms with Gasteiger partial charge in [-0.05, 0) is 28.4 Å². The number of oxazole rings is 1. The number of aryl methyl sites for hydroxylation is 1. The lowest BCUT2D eigenvalue weighted by atomic mass is 10.3. The van der Waals surface area contributed by atoms with E-state index in [1.54, 1.807) is 6.07 Å². The van der Waals surface area contributed by atoms with E-state index in [0.29, 0.717) is 31.5 Å². The highest BCUT2D eigenvalue weighted by atomic mass is 79.9. The molecule has 2 rings (SSSR count). The standard InChI is InChI=1S/C10H8BrCl2NO/c1-2-3-7-14-9-6(13)4-5(12)8(11)10(9)15-7/h4H,2-3H2,1H3. The topological polar surface area (TPSA) is 26.0 Å². The molecule has 0 fully saturated rings. The van der Waals surface area contributed by atoms with Gasteiger partial charge in [0.15, 0.2) is 11.5 Å². The summed E-state index contributed by atoms with van der Waals surface area (Å²) >= 11 is 15.3. The monoisotopic (exact) mass is 307 g/mol. The molecule has 0 unspecified atom stereocenters. The Balaban J connectivity index is 2.68. The van der Waals surface area contributed by atoms with Gasteiger partial charge in [0.1, 0.15) is 5.52 Å². The van der Waals surface area contributed by atoms with E-state index in [9.17, 15) is 0 Å². The third kappa shape index (κ3) is 2.01. The number of nitrogens with zero attached hydrogens (tertiary/aromatic N) is 1. The van der Waals surface area contributed by atoms with Crippen LogP contribution in [0.15, 0.2) is 15.0 Å². The lowest BCUT2D eigenvalue weighted by Gasteiger charge is -1.96. The smallest absolute Gasteiger partial charge is 0.195 e. The Hall–Kier alpha value is -0.250. The third-order valence-corrected chi connectivity index (χ3v) is 3.63. The molecule has 0 saturated heterocycles. The Bertz CT molecular complexity index is 510. The molecule has 1 aromatic carbocycles. The highest BCUT2D eigenvalue weighted by Crippen LogP contribution is 2.36. The van der Waals surface area contributed by atoms with Crippen LogP contribution in [0, 0.1) is 0 Å². The van der Waals surface area contributed by atoms with Gasteiger partial charge in [0.2, 0.25) is 0 Å². The van der Waals surface area contributed by atoms with E-state index in [1.165, 1.54) is 0 Å². The van der Waals surface area contributed by atoms with Gasteiger partial charge in [-0.1, -0.05) is 30.1 Å². The summed E-state index contributed by atoms with van der Waals surface area (Å²) in [5, 5.41) is 1.05. The van der Waals surface area contributed by atoms with Gasteiger partial charge in [-0.15, -0.1) is 0 Å². The average molecular weight is 309 g/mol. The molecule has 5 heteroatoms. The molecule has 0 atom stereocenters. The minimum Gasteiger partial charge on any atom is -0.439 e. The first kappa shape index (κ1) is 11.2. The third-order valence-electron chi connectivity index (χ3n) is 2.02. The normalized spacial score (nSPS) is 11.2. The number of hydrogen-bond donors (Lipinski definition) is 0. The molecule has 0 bridgehead atoms. The van der Waals surface area contributed by atoms with Crippen molar-refractivity contribution in [2.75, 3.05) is 0 Å². The minimum atomic E-state index is 0.518. The van der Waals surface area contributed by atoms with Crippen LogP contribution in [-0.2, 0) is 6.42 Å².